The standard InChI is InChI=1S/C21H30N2O2/c1-15(2)23-11-9-21(10-12-23)14-16(13-20(24)22-17-7-8-17)18-5-3-4-6-19(18)25-21/h3-6,15-17H,7-14H2,1-2H3,(H,22,24). The molecule has 1 spiro atoms. The minimum absolute atomic E-state index is 0.0930. The van der Waals surface area contributed by atoms with Gasteiger partial charge < -0.3 is 15.0 Å². The van der Waals surface area contributed by atoms with Crippen LogP contribution in [0.2, 0.25) is 0 Å². The molecule has 2 heterocycles. The molecule has 1 aromatic carbocycles. The summed E-state index contributed by atoms with van der Waals surface area (Å²) in [6.45, 7) is 6.70. The lowest BCUT2D eigenvalue weighted by molar-refractivity contribution is -0.122. The highest BCUT2D eigenvalue weighted by Gasteiger charge is 2.44. The molecule has 1 saturated heterocycles. The molecule has 4 nitrogen and oxygen atoms in total. The van der Waals surface area contributed by atoms with Crippen molar-refractivity contribution >= 4 is 5.91 Å². The molecule has 2 aliphatic heterocycles. The summed E-state index contributed by atoms with van der Waals surface area (Å²) >= 11 is 0. The highest BCUT2D eigenvalue weighted by molar-refractivity contribution is 5.77. The van der Waals surface area contributed by atoms with Crippen LogP contribution in [0.5, 0.6) is 5.75 Å². The van der Waals surface area contributed by atoms with Crippen LogP contribution in [0, 0.1) is 0 Å². The molecular weight excluding hydrogens is 312 g/mol. The number of ether oxygens (including phenoxy) is 1. The monoisotopic (exact) mass is 342 g/mol. The lowest BCUT2D eigenvalue weighted by atomic mass is 9.76. The van der Waals surface area contributed by atoms with E-state index in [4.69, 9.17) is 4.74 Å². The van der Waals surface area contributed by atoms with Gasteiger partial charge in [-0.25, -0.2) is 0 Å². The molecule has 1 aliphatic carbocycles. The number of carbonyl (C=O) groups is 1. The maximum Gasteiger partial charge on any atom is 0.220 e. The van der Waals surface area contributed by atoms with Crippen LogP contribution < -0.4 is 10.1 Å². The molecule has 3 aliphatic rings. The molecule has 1 aromatic rings. The van der Waals surface area contributed by atoms with Crippen LogP contribution in [0.15, 0.2) is 24.3 Å². The van der Waals surface area contributed by atoms with Gasteiger partial charge in [-0.3, -0.25) is 4.79 Å². The number of carbonyl (C=O) groups excluding carboxylic acids is 1. The molecule has 4 rings (SSSR count). The first-order valence-corrected chi connectivity index (χ1v) is 9.86. The summed E-state index contributed by atoms with van der Waals surface area (Å²) in [6.07, 6.45) is 5.96. The third-order valence-electron chi connectivity index (χ3n) is 6.12. The summed E-state index contributed by atoms with van der Waals surface area (Å²) in [4.78, 5) is 15.0. The van der Waals surface area contributed by atoms with Gasteiger partial charge in [0.15, 0.2) is 0 Å². The van der Waals surface area contributed by atoms with Crippen molar-refractivity contribution in [2.24, 2.45) is 0 Å². The van der Waals surface area contributed by atoms with Crippen molar-refractivity contribution in [1.29, 1.82) is 0 Å². The number of hydrogen-bond acceptors (Lipinski definition) is 3. The van der Waals surface area contributed by atoms with E-state index in [9.17, 15) is 4.79 Å². The number of nitrogens with zero attached hydrogens (tertiary/aromatic N) is 1. The van der Waals surface area contributed by atoms with Crippen LogP contribution in [0.4, 0.5) is 0 Å². The van der Waals surface area contributed by atoms with E-state index in [2.05, 4.69) is 42.3 Å². The topological polar surface area (TPSA) is 41.6 Å². The van der Waals surface area contributed by atoms with E-state index in [0.717, 1.165) is 50.9 Å². The number of benzene rings is 1. The predicted molar refractivity (Wildman–Crippen MR) is 98.9 cm³/mol. The van der Waals surface area contributed by atoms with Gasteiger partial charge >= 0.3 is 0 Å². The van der Waals surface area contributed by atoms with E-state index >= 15 is 0 Å². The second-order valence-corrected chi connectivity index (χ2v) is 8.40. The molecule has 1 unspecified atom stereocenters. The number of amides is 1. The van der Waals surface area contributed by atoms with Crippen molar-refractivity contribution in [2.75, 3.05) is 13.1 Å². The zero-order chi connectivity index (χ0) is 17.4. The largest absolute Gasteiger partial charge is 0.487 e. The molecule has 1 atom stereocenters. The highest BCUT2D eigenvalue weighted by atomic mass is 16.5. The van der Waals surface area contributed by atoms with Crippen LogP contribution in [-0.4, -0.2) is 41.6 Å². The van der Waals surface area contributed by atoms with E-state index in [1.54, 1.807) is 0 Å². The van der Waals surface area contributed by atoms with Gasteiger partial charge in [-0.1, -0.05) is 18.2 Å². The minimum Gasteiger partial charge on any atom is -0.487 e. The molecule has 0 radical (unpaired) electrons. The van der Waals surface area contributed by atoms with Crippen LogP contribution in [0.1, 0.15) is 63.9 Å². The lowest BCUT2D eigenvalue weighted by Crippen LogP contribution is -2.52. The number of likely N-dealkylation sites (tertiary alicyclic amines) is 1. The summed E-state index contributed by atoms with van der Waals surface area (Å²) in [6, 6.07) is 9.35. The average molecular weight is 342 g/mol. The van der Waals surface area contributed by atoms with E-state index in [1.165, 1.54) is 5.56 Å². The second-order valence-electron chi connectivity index (χ2n) is 8.40. The third-order valence-corrected chi connectivity index (χ3v) is 6.12. The molecule has 0 bridgehead atoms. The molecule has 1 saturated carbocycles. The normalized spacial score (nSPS) is 25.5. The van der Waals surface area contributed by atoms with Crippen LogP contribution >= 0.6 is 0 Å². The Labute approximate surface area is 150 Å². The number of para-hydroxylation sites is 1. The maximum absolute atomic E-state index is 12.4. The number of piperidine rings is 1. The second kappa shape index (κ2) is 6.64. The lowest BCUT2D eigenvalue weighted by Gasteiger charge is -2.47. The Morgan fingerprint density at radius 3 is 2.68 bits per heavy atom. The Hall–Kier alpha value is -1.55. The Balaban J connectivity index is 1.51. The summed E-state index contributed by atoms with van der Waals surface area (Å²) < 4.78 is 6.54. The first-order valence-electron chi connectivity index (χ1n) is 9.86. The summed E-state index contributed by atoms with van der Waals surface area (Å²) in [5.41, 5.74) is 1.12. The Morgan fingerprint density at radius 1 is 1.28 bits per heavy atom. The first-order chi connectivity index (χ1) is 12.0. The van der Waals surface area contributed by atoms with Crippen molar-refractivity contribution in [3.05, 3.63) is 29.8 Å². The van der Waals surface area contributed by atoms with E-state index in [0.29, 0.717) is 18.5 Å². The fraction of sp³-hybridized carbons (Fsp3) is 0.667. The predicted octanol–water partition coefficient (Wildman–Crippen LogP) is 3.46. The maximum atomic E-state index is 12.4. The van der Waals surface area contributed by atoms with Gasteiger partial charge in [-0.2, -0.15) is 0 Å². The molecule has 4 heteroatoms. The zero-order valence-corrected chi connectivity index (χ0v) is 15.5. The van der Waals surface area contributed by atoms with Crippen molar-refractivity contribution in [2.45, 2.75) is 76.0 Å². The van der Waals surface area contributed by atoms with Crippen LogP contribution in [-0.2, 0) is 4.79 Å². The van der Waals surface area contributed by atoms with Gasteiger partial charge in [-0.05, 0) is 57.6 Å². The molecule has 0 aromatic heterocycles. The number of fused-ring (bicyclic) bond motifs is 1. The molecular formula is C21H30N2O2. The third kappa shape index (κ3) is 3.69. The van der Waals surface area contributed by atoms with Gasteiger partial charge in [0, 0.05) is 37.5 Å². The van der Waals surface area contributed by atoms with Gasteiger partial charge in [0.2, 0.25) is 5.91 Å². The van der Waals surface area contributed by atoms with E-state index < -0.39 is 0 Å². The first kappa shape index (κ1) is 16.9. The summed E-state index contributed by atoms with van der Waals surface area (Å²) in [5, 5.41) is 3.16. The summed E-state index contributed by atoms with van der Waals surface area (Å²) in [5.74, 6) is 1.48. The fourth-order valence-electron chi connectivity index (χ4n) is 4.42. The van der Waals surface area contributed by atoms with Crippen molar-refractivity contribution in [3.63, 3.8) is 0 Å². The van der Waals surface area contributed by atoms with Gasteiger partial charge in [0.25, 0.3) is 0 Å². The molecule has 2 fully saturated rings. The highest BCUT2D eigenvalue weighted by Crippen LogP contribution is 2.46. The van der Waals surface area contributed by atoms with Crippen LogP contribution in [0.3, 0.4) is 0 Å². The van der Waals surface area contributed by atoms with Gasteiger partial charge in [-0.15, -0.1) is 0 Å². The van der Waals surface area contributed by atoms with Crippen LogP contribution in [0.25, 0.3) is 0 Å². The van der Waals surface area contributed by atoms with E-state index in [1.807, 2.05) is 6.07 Å². The van der Waals surface area contributed by atoms with Crippen molar-refractivity contribution in [1.82, 2.24) is 10.2 Å². The number of rotatable bonds is 4. The smallest absolute Gasteiger partial charge is 0.220 e. The fourth-order valence-corrected chi connectivity index (χ4v) is 4.42. The Morgan fingerprint density at radius 2 is 2.00 bits per heavy atom. The number of nitrogens with one attached hydrogen (secondary N) is 1. The molecule has 136 valence electrons. The average Bonchev–Trinajstić information content (AvgIpc) is 3.39. The Bertz CT molecular complexity index is 631. The quantitative estimate of drug-likeness (QED) is 0.911. The SMILES string of the molecule is CC(C)N1CCC2(CC1)CC(CC(=O)NC1CC1)c1ccccc1O2. The van der Waals surface area contributed by atoms with Crippen molar-refractivity contribution < 1.29 is 9.53 Å². The van der Waals surface area contributed by atoms with E-state index in [-0.39, 0.29) is 17.4 Å². The number of hydrogen-bond donors (Lipinski definition) is 1. The zero-order valence-electron chi connectivity index (χ0n) is 15.5. The van der Waals surface area contributed by atoms with Gasteiger partial charge in [0.05, 0.1) is 0 Å². The molecule has 25 heavy (non-hydrogen) atoms. The summed E-state index contributed by atoms with van der Waals surface area (Å²) in [7, 11) is 0. The Kier molecular flexibility index (Phi) is 4.48. The minimum atomic E-state index is -0.0930. The van der Waals surface area contributed by atoms with Gasteiger partial charge in [0.1, 0.15) is 11.4 Å². The molecule has 1 N–H and O–H groups in total. The molecule has 1 amide bonds. The van der Waals surface area contributed by atoms with Crippen molar-refractivity contribution in [3.8, 4) is 5.75 Å².